The van der Waals surface area contributed by atoms with Crippen molar-refractivity contribution >= 4 is 11.3 Å². The van der Waals surface area contributed by atoms with E-state index in [0.29, 0.717) is 0 Å². The van der Waals surface area contributed by atoms with Gasteiger partial charge in [0.1, 0.15) is 0 Å². The summed E-state index contributed by atoms with van der Waals surface area (Å²) in [4.78, 5) is 4.38. The molecule has 2 aliphatic heterocycles. The number of fused-ring (bicyclic) bond motifs is 2. The summed E-state index contributed by atoms with van der Waals surface area (Å²) in [5.74, 6) is 0. The topological polar surface area (TPSA) is 15.3 Å². The average molecular weight is 278 g/mol. The quantitative estimate of drug-likeness (QED) is 0.886. The van der Waals surface area contributed by atoms with E-state index >= 15 is 0 Å². The SMILES string of the molecule is CCCNC1CC2CCC(C1)N2Cc1sccc1C. The van der Waals surface area contributed by atoms with E-state index in [0.717, 1.165) is 18.1 Å². The van der Waals surface area contributed by atoms with E-state index in [-0.39, 0.29) is 0 Å². The van der Waals surface area contributed by atoms with Crippen LogP contribution in [0.2, 0.25) is 0 Å². The highest BCUT2D eigenvalue weighted by atomic mass is 32.1. The summed E-state index contributed by atoms with van der Waals surface area (Å²) in [5, 5.41) is 5.98. The predicted molar refractivity (Wildman–Crippen MR) is 82.7 cm³/mol. The van der Waals surface area contributed by atoms with Crippen molar-refractivity contribution in [2.45, 2.75) is 70.6 Å². The maximum atomic E-state index is 3.74. The number of rotatable bonds is 5. The molecule has 0 radical (unpaired) electrons. The second-order valence-electron chi connectivity index (χ2n) is 6.21. The van der Waals surface area contributed by atoms with Crippen LogP contribution in [-0.2, 0) is 6.54 Å². The van der Waals surface area contributed by atoms with Gasteiger partial charge < -0.3 is 5.32 Å². The van der Waals surface area contributed by atoms with Gasteiger partial charge in [-0.05, 0) is 62.6 Å². The van der Waals surface area contributed by atoms with Crippen molar-refractivity contribution in [3.05, 3.63) is 21.9 Å². The van der Waals surface area contributed by atoms with E-state index in [2.05, 4.69) is 35.5 Å². The summed E-state index contributed by atoms with van der Waals surface area (Å²) in [6.45, 7) is 6.90. The zero-order valence-corrected chi connectivity index (χ0v) is 13.0. The minimum Gasteiger partial charge on any atom is -0.314 e. The van der Waals surface area contributed by atoms with Crippen molar-refractivity contribution in [2.24, 2.45) is 0 Å². The first-order valence-electron chi connectivity index (χ1n) is 7.80. The molecule has 1 N–H and O–H groups in total. The van der Waals surface area contributed by atoms with Gasteiger partial charge >= 0.3 is 0 Å². The summed E-state index contributed by atoms with van der Waals surface area (Å²) in [6, 6.07) is 4.69. The molecule has 2 atom stereocenters. The third kappa shape index (κ3) is 2.88. The molecule has 0 amide bonds. The molecular formula is C16H26N2S. The lowest BCUT2D eigenvalue weighted by Crippen LogP contribution is -2.48. The van der Waals surface area contributed by atoms with Crippen LogP contribution in [0.4, 0.5) is 0 Å². The van der Waals surface area contributed by atoms with Gasteiger partial charge in [-0.15, -0.1) is 11.3 Å². The highest BCUT2D eigenvalue weighted by Gasteiger charge is 2.40. The van der Waals surface area contributed by atoms with Crippen LogP contribution in [-0.4, -0.2) is 29.6 Å². The predicted octanol–water partition coefficient (Wildman–Crippen LogP) is 3.55. The van der Waals surface area contributed by atoms with Crippen LogP contribution in [0.25, 0.3) is 0 Å². The van der Waals surface area contributed by atoms with Crippen molar-refractivity contribution in [3.8, 4) is 0 Å². The molecule has 106 valence electrons. The van der Waals surface area contributed by atoms with E-state index in [4.69, 9.17) is 0 Å². The van der Waals surface area contributed by atoms with Crippen LogP contribution in [0, 0.1) is 6.92 Å². The molecule has 0 saturated carbocycles. The van der Waals surface area contributed by atoms with Gasteiger partial charge in [0.2, 0.25) is 0 Å². The highest BCUT2D eigenvalue weighted by Crippen LogP contribution is 2.37. The Morgan fingerprint density at radius 1 is 1.32 bits per heavy atom. The maximum Gasteiger partial charge on any atom is 0.0336 e. The van der Waals surface area contributed by atoms with Gasteiger partial charge in [-0.1, -0.05) is 6.92 Å². The first kappa shape index (κ1) is 13.6. The lowest BCUT2D eigenvalue weighted by molar-refractivity contribution is 0.110. The molecule has 1 aromatic rings. The molecule has 3 heterocycles. The van der Waals surface area contributed by atoms with Gasteiger partial charge in [0.15, 0.2) is 0 Å². The Morgan fingerprint density at radius 2 is 2.05 bits per heavy atom. The first-order chi connectivity index (χ1) is 9.28. The molecule has 2 bridgehead atoms. The fourth-order valence-electron chi connectivity index (χ4n) is 3.78. The molecule has 2 fully saturated rings. The van der Waals surface area contributed by atoms with E-state index in [1.54, 1.807) is 4.88 Å². The molecule has 0 aliphatic carbocycles. The van der Waals surface area contributed by atoms with Crippen molar-refractivity contribution in [1.29, 1.82) is 0 Å². The zero-order chi connectivity index (χ0) is 13.2. The summed E-state index contributed by atoms with van der Waals surface area (Å²) < 4.78 is 0. The van der Waals surface area contributed by atoms with E-state index in [1.165, 1.54) is 50.8 Å². The number of aryl methyl sites for hydroxylation is 1. The van der Waals surface area contributed by atoms with Crippen molar-refractivity contribution in [3.63, 3.8) is 0 Å². The monoisotopic (exact) mass is 278 g/mol. The zero-order valence-electron chi connectivity index (χ0n) is 12.2. The first-order valence-corrected chi connectivity index (χ1v) is 8.68. The number of nitrogens with zero attached hydrogens (tertiary/aromatic N) is 1. The third-order valence-electron chi connectivity index (χ3n) is 4.86. The van der Waals surface area contributed by atoms with Crippen LogP contribution < -0.4 is 5.32 Å². The van der Waals surface area contributed by atoms with E-state index in [1.807, 2.05) is 11.3 Å². The van der Waals surface area contributed by atoms with Crippen molar-refractivity contribution < 1.29 is 0 Å². The minimum atomic E-state index is 0.776. The number of piperidine rings is 1. The van der Waals surface area contributed by atoms with Crippen molar-refractivity contribution in [2.75, 3.05) is 6.54 Å². The van der Waals surface area contributed by atoms with E-state index < -0.39 is 0 Å². The van der Waals surface area contributed by atoms with Gasteiger partial charge in [-0.3, -0.25) is 4.90 Å². The van der Waals surface area contributed by atoms with Gasteiger partial charge in [-0.25, -0.2) is 0 Å². The molecule has 2 nitrogen and oxygen atoms in total. The van der Waals surface area contributed by atoms with E-state index in [9.17, 15) is 0 Å². The largest absolute Gasteiger partial charge is 0.314 e. The molecule has 3 rings (SSSR count). The molecule has 3 heteroatoms. The molecule has 2 unspecified atom stereocenters. The van der Waals surface area contributed by atoms with Gasteiger partial charge in [0.25, 0.3) is 0 Å². The number of hydrogen-bond donors (Lipinski definition) is 1. The molecule has 0 spiro atoms. The van der Waals surface area contributed by atoms with Gasteiger partial charge in [0.05, 0.1) is 0 Å². The lowest BCUT2D eigenvalue weighted by atomic mass is 9.97. The Morgan fingerprint density at radius 3 is 2.63 bits per heavy atom. The normalized spacial score (nSPS) is 30.9. The molecule has 0 aromatic carbocycles. The van der Waals surface area contributed by atoms with Gasteiger partial charge in [-0.2, -0.15) is 0 Å². The Kier molecular flexibility index (Phi) is 4.25. The van der Waals surface area contributed by atoms with Crippen LogP contribution in [0.3, 0.4) is 0 Å². The number of thiophene rings is 1. The summed E-state index contributed by atoms with van der Waals surface area (Å²) >= 11 is 1.93. The fraction of sp³-hybridized carbons (Fsp3) is 0.750. The number of nitrogens with one attached hydrogen (secondary N) is 1. The standard InChI is InChI=1S/C16H26N2S/c1-3-7-17-13-9-14-4-5-15(10-13)18(14)11-16-12(2)6-8-19-16/h6,8,13-15,17H,3-5,7,9-11H2,1-2H3. The average Bonchev–Trinajstić information content (AvgIpc) is 2.90. The van der Waals surface area contributed by atoms with Crippen LogP contribution in [0.15, 0.2) is 11.4 Å². The second kappa shape index (κ2) is 5.94. The summed E-state index contributed by atoms with van der Waals surface area (Å²) in [6.07, 6.45) is 6.81. The minimum absolute atomic E-state index is 0.776. The Labute approximate surface area is 121 Å². The van der Waals surface area contributed by atoms with Crippen LogP contribution in [0.1, 0.15) is 49.5 Å². The second-order valence-corrected chi connectivity index (χ2v) is 7.21. The molecule has 2 saturated heterocycles. The molecule has 2 aliphatic rings. The summed E-state index contributed by atoms with van der Waals surface area (Å²) in [7, 11) is 0. The summed E-state index contributed by atoms with van der Waals surface area (Å²) in [5.41, 5.74) is 1.48. The van der Waals surface area contributed by atoms with Crippen LogP contribution in [0.5, 0.6) is 0 Å². The smallest absolute Gasteiger partial charge is 0.0336 e. The molecule has 19 heavy (non-hydrogen) atoms. The van der Waals surface area contributed by atoms with Crippen molar-refractivity contribution in [1.82, 2.24) is 10.2 Å². The highest BCUT2D eigenvalue weighted by molar-refractivity contribution is 7.10. The van der Waals surface area contributed by atoms with Gasteiger partial charge in [0, 0.05) is 29.5 Å². The lowest BCUT2D eigenvalue weighted by Gasteiger charge is -2.39. The molecular weight excluding hydrogens is 252 g/mol. The number of hydrogen-bond acceptors (Lipinski definition) is 3. The molecule has 1 aromatic heterocycles. The maximum absolute atomic E-state index is 3.74. The Hall–Kier alpha value is -0.380. The van der Waals surface area contributed by atoms with Crippen LogP contribution >= 0.6 is 11.3 Å². The Bertz CT molecular complexity index is 401. The Balaban J connectivity index is 1.62. The fourth-order valence-corrected chi connectivity index (χ4v) is 4.69. The third-order valence-corrected chi connectivity index (χ3v) is 5.87.